The lowest BCUT2D eigenvalue weighted by atomic mass is 10.2. The van der Waals surface area contributed by atoms with Crippen molar-refractivity contribution in [1.29, 1.82) is 0 Å². The van der Waals surface area contributed by atoms with Crippen molar-refractivity contribution in [2.45, 2.75) is 6.54 Å². The first kappa shape index (κ1) is 13.7. The molecule has 0 heterocycles. The lowest BCUT2D eigenvalue weighted by molar-refractivity contribution is 0.613. The van der Waals surface area contributed by atoms with Crippen molar-refractivity contribution in [1.82, 2.24) is 0 Å². The average Bonchev–Trinajstić information content (AvgIpc) is 2.35. The highest BCUT2D eigenvalue weighted by atomic mass is 79.9. The van der Waals surface area contributed by atoms with Crippen LogP contribution in [0.1, 0.15) is 5.56 Å². The molecule has 5 heteroatoms. The largest absolute Gasteiger partial charge is 0.381 e. The maximum atomic E-state index is 13.6. The molecule has 0 fully saturated rings. The topological polar surface area (TPSA) is 12.0 Å². The molecule has 2 rings (SSSR count). The molecule has 1 nitrogen and oxygen atoms in total. The van der Waals surface area contributed by atoms with Crippen molar-refractivity contribution < 1.29 is 4.39 Å². The van der Waals surface area contributed by atoms with Gasteiger partial charge in [-0.3, -0.25) is 0 Å². The maximum Gasteiger partial charge on any atom is 0.146 e. The predicted octanol–water partition coefficient (Wildman–Crippen LogP) is 5.51. The van der Waals surface area contributed by atoms with E-state index in [0.717, 1.165) is 10.2 Å². The number of hydrogen-bond donors (Lipinski definition) is 1. The van der Waals surface area contributed by atoms with Crippen LogP contribution in [0.4, 0.5) is 10.1 Å². The van der Waals surface area contributed by atoms with Gasteiger partial charge in [0.05, 0.1) is 10.0 Å². The normalized spacial score (nSPS) is 10.4. The van der Waals surface area contributed by atoms with E-state index in [2.05, 4.69) is 21.2 Å². The molecule has 0 spiro atoms. The zero-order chi connectivity index (χ0) is 13.1. The first-order valence-corrected chi connectivity index (χ1v) is 6.74. The minimum absolute atomic E-state index is 0.131. The maximum absolute atomic E-state index is 13.6. The molecule has 94 valence electrons. The van der Waals surface area contributed by atoms with E-state index in [0.29, 0.717) is 17.1 Å². The zero-order valence-electron chi connectivity index (χ0n) is 9.18. The van der Waals surface area contributed by atoms with Crippen molar-refractivity contribution in [2.24, 2.45) is 0 Å². The van der Waals surface area contributed by atoms with Gasteiger partial charge in [-0.2, -0.15) is 0 Å². The van der Waals surface area contributed by atoms with E-state index in [1.165, 1.54) is 6.07 Å². The summed E-state index contributed by atoms with van der Waals surface area (Å²) in [5.74, 6) is -0.389. The summed E-state index contributed by atoms with van der Waals surface area (Å²) >= 11 is 14.9. The van der Waals surface area contributed by atoms with Crippen LogP contribution in [0.2, 0.25) is 10.0 Å². The Bertz CT molecular complexity index is 575. The molecular formula is C13H9BrCl2FN. The Balaban J connectivity index is 2.11. The highest BCUT2D eigenvalue weighted by molar-refractivity contribution is 9.10. The SMILES string of the molecule is Fc1c(Cl)cccc1CNc1ccc(Cl)c(Br)c1. The Hall–Kier alpha value is -0.770. The fourth-order valence-electron chi connectivity index (χ4n) is 1.49. The van der Waals surface area contributed by atoms with E-state index in [9.17, 15) is 4.39 Å². The summed E-state index contributed by atoms with van der Waals surface area (Å²) in [6.07, 6.45) is 0. The zero-order valence-corrected chi connectivity index (χ0v) is 12.3. The molecule has 1 N–H and O–H groups in total. The average molecular weight is 349 g/mol. The van der Waals surface area contributed by atoms with E-state index in [1.807, 2.05) is 12.1 Å². The molecule has 0 aliphatic carbocycles. The minimum atomic E-state index is -0.389. The van der Waals surface area contributed by atoms with Gasteiger partial charge in [-0.25, -0.2) is 4.39 Å². The Morgan fingerprint density at radius 2 is 1.89 bits per heavy atom. The van der Waals surface area contributed by atoms with Crippen LogP contribution in [0, 0.1) is 5.82 Å². The Labute approximate surface area is 123 Å². The van der Waals surface area contributed by atoms with Gasteiger partial charge in [0.2, 0.25) is 0 Å². The molecule has 0 radical (unpaired) electrons. The van der Waals surface area contributed by atoms with Crippen LogP contribution in [0.15, 0.2) is 40.9 Å². The van der Waals surface area contributed by atoms with E-state index in [4.69, 9.17) is 23.2 Å². The number of benzene rings is 2. The summed E-state index contributed by atoms with van der Waals surface area (Å²) in [5.41, 5.74) is 1.37. The van der Waals surface area contributed by atoms with E-state index < -0.39 is 0 Å². The lowest BCUT2D eigenvalue weighted by Gasteiger charge is -2.09. The first-order chi connectivity index (χ1) is 8.58. The fraction of sp³-hybridized carbons (Fsp3) is 0.0769. The van der Waals surface area contributed by atoms with Crippen molar-refractivity contribution in [3.05, 3.63) is 62.3 Å². The second kappa shape index (κ2) is 5.91. The van der Waals surface area contributed by atoms with E-state index in [-0.39, 0.29) is 10.8 Å². The van der Waals surface area contributed by atoms with Gasteiger partial charge in [0.15, 0.2) is 0 Å². The van der Waals surface area contributed by atoms with Gasteiger partial charge in [0, 0.05) is 22.3 Å². The number of rotatable bonds is 3. The summed E-state index contributed by atoms with van der Waals surface area (Å²) in [5, 5.41) is 3.87. The molecule has 2 aromatic carbocycles. The Morgan fingerprint density at radius 1 is 1.11 bits per heavy atom. The highest BCUT2D eigenvalue weighted by Gasteiger charge is 2.06. The highest BCUT2D eigenvalue weighted by Crippen LogP contribution is 2.26. The molecule has 0 atom stereocenters. The summed E-state index contributed by atoms with van der Waals surface area (Å²) in [6.45, 7) is 0.362. The molecule has 18 heavy (non-hydrogen) atoms. The first-order valence-electron chi connectivity index (χ1n) is 5.20. The molecule has 0 aliphatic heterocycles. The summed E-state index contributed by atoms with van der Waals surface area (Å²) in [4.78, 5) is 0. The second-order valence-corrected chi connectivity index (χ2v) is 5.36. The minimum Gasteiger partial charge on any atom is -0.381 e. The van der Waals surface area contributed by atoms with Gasteiger partial charge >= 0.3 is 0 Å². The lowest BCUT2D eigenvalue weighted by Crippen LogP contribution is -2.02. The molecule has 0 aromatic heterocycles. The van der Waals surface area contributed by atoms with Crippen LogP contribution in [-0.2, 0) is 6.54 Å². The van der Waals surface area contributed by atoms with Crippen molar-refractivity contribution >= 4 is 44.8 Å². The van der Waals surface area contributed by atoms with E-state index in [1.54, 1.807) is 18.2 Å². The van der Waals surface area contributed by atoms with Crippen LogP contribution >= 0.6 is 39.1 Å². The second-order valence-electron chi connectivity index (χ2n) is 3.70. The smallest absolute Gasteiger partial charge is 0.146 e. The van der Waals surface area contributed by atoms with E-state index >= 15 is 0 Å². The van der Waals surface area contributed by atoms with Gasteiger partial charge in [-0.05, 0) is 40.2 Å². The molecular weight excluding hydrogens is 340 g/mol. The molecule has 0 saturated heterocycles. The van der Waals surface area contributed by atoms with Crippen molar-refractivity contribution in [3.63, 3.8) is 0 Å². The summed E-state index contributed by atoms with van der Waals surface area (Å²) < 4.78 is 14.4. The molecule has 0 bridgehead atoms. The fourth-order valence-corrected chi connectivity index (χ4v) is 2.18. The van der Waals surface area contributed by atoms with Crippen LogP contribution in [-0.4, -0.2) is 0 Å². The van der Waals surface area contributed by atoms with Crippen LogP contribution in [0.3, 0.4) is 0 Å². The van der Waals surface area contributed by atoms with Crippen LogP contribution in [0.5, 0.6) is 0 Å². The van der Waals surface area contributed by atoms with Crippen LogP contribution < -0.4 is 5.32 Å². The van der Waals surface area contributed by atoms with Gasteiger partial charge in [-0.15, -0.1) is 0 Å². The standard InChI is InChI=1S/C13H9BrCl2FN/c14-10-6-9(4-5-11(10)15)18-7-8-2-1-3-12(16)13(8)17/h1-6,18H,7H2. The third-order valence-corrected chi connectivity index (χ3v) is 3.94. The molecule has 0 amide bonds. The van der Waals surface area contributed by atoms with Crippen molar-refractivity contribution in [3.8, 4) is 0 Å². The Kier molecular flexibility index (Phi) is 4.49. The van der Waals surface area contributed by atoms with Gasteiger partial charge in [0.25, 0.3) is 0 Å². The van der Waals surface area contributed by atoms with Crippen LogP contribution in [0.25, 0.3) is 0 Å². The summed E-state index contributed by atoms with van der Waals surface area (Å²) in [7, 11) is 0. The molecule has 0 saturated carbocycles. The Morgan fingerprint density at radius 3 is 2.61 bits per heavy atom. The molecule has 2 aromatic rings. The number of halogens is 4. The van der Waals surface area contributed by atoms with Gasteiger partial charge in [-0.1, -0.05) is 35.3 Å². The number of nitrogens with one attached hydrogen (secondary N) is 1. The third kappa shape index (κ3) is 3.16. The molecule has 0 aliphatic rings. The van der Waals surface area contributed by atoms with Gasteiger partial charge in [0.1, 0.15) is 5.82 Å². The predicted molar refractivity (Wildman–Crippen MR) is 77.9 cm³/mol. The number of hydrogen-bond acceptors (Lipinski definition) is 1. The third-order valence-electron chi connectivity index (χ3n) is 2.43. The molecule has 0 unspecified atom stereocenters. The van der Waals surface area contributed by atoms with Crippen molar-refractivity contribution in [2.75, 3.05) is 5.32 Å². The van der Waals surface area contributed by atoms with Gasteiger partial charge < -0.3 is 5.32 Å². The monoisotopic (exact) mass is 347 g/mol. The summed E-state index contributed by atoms with van der Waals surface area (Å²) in [6, 6.07) is 10.4. The number of anilines is 1. The quantitative estimate of drug-likeness (QED) is 0.771.